The highest BCUT2D eigenvalue weighted by Crippen LogP contribution is 2.56. The molecule has 146 valence electrons. The first-order chi connectivity index (χ1) is 14.6. The zero-order valence-electron chi connectivity index (χ0n) is 15.9. The summed E-state index contributed by atoms with van der Waals surface area (Å²) in [5.41, 5.74) is 3.31. The number of ether oxygens (including phenoxy) is 1. The van der Waals surface area contributed by atoms with Gasteiger partial charge in [0.1, 0.15) is 5.75 Å². The number of anilines is 1. The van der Waals surface area contributed by atoms with E-state index in [2.05, 4.69) is 6.07 Å². The van der Waals surface area contributed by atoms with Crippen molar-refractivity contribution in [2.45, 2.75) is 22.6 Å². The van der Waals surface area contributed by atoms with Crippen LogP contribution in [-0.2, 0) is 9.59 Å². The number of rotatable bonds is 3. The standard InChI is InChI=1S/C24H16N2O3S/c25-15-16-5-7-17(8-6-16)18-9-11-19(12-10-18)29-23(28)24-14-13-22(27)26(24)20-3-1-2-4-21(20)30-24/h1-12H,13-14H2. The lowest BCUT2D eigenvalue weighted by Gasteiger charge is -2.28. The Balaban J connectivity index is 1.38. The first kappa shape index (κ1) is 18.5. The van der Waals surface area contributed by atoms with Crippen molar-refractivity contribution in [3.05, 3.63) is 78.4 Å². The van der Waals surface area contributed by atoms with Crippen LogP contribution in [0.2, 0.25) is 0 Å². The highest BCUT2D eigenvalue weighted by atomic mass is 32.2. The number of fused-ring (bicyclic) bond motifs is 3. The largest absolute Gasteiger partial charge is 0.424 e. The SMILES string of the molecule is N#Cc1ccc(-c2ccc(OC(=O)C34CCC(=O)N3c3ccccc3S4)cc2)cc1. The number of carbonyl (C=O) groups excluding carboxylic acids is 2. The summed E-state index contributed by atoms with van der Waals surface area (Å²) < 4.78 is 5.71. The first-order valence-corrected chi connectivity index (χ1v) is 10.4. The second kappa shape index (κ2) is 7.05. The molecule has 0 N–H and O–H groups in total. The number of nitrogens with zero attached hydrogens (tertiary/aromatic N) is 2. The van der Waals surface area contributed by atoms with Crippen LogP contribution in [0.1, 0.15) is 18.4 Å². The van der Waals surface area contributed by atoms with Gasteiger partial charge in [0.25, 0.3) is 0 Å². The molecule has 5 nitrogen and oxygen atoms in total. The highest BCUT2D eigenvalue weighted by molar-refractivity contribution is 8.02. The maximum Gasteiger partial charge on any atom is 0.348 e. The predicted molar refractivity (Wildman–Crippen MR) is 114 cm³/mol. The Morgan fingerprint density at radius 2 is 1.67 bits per heavy atom. The fraction of sp³-hybridized carbons (Fsp3) is 0.125. The number of amides is 1. The number of para-hydroxylation sites is 1. The number of benzene rings is 3. The van der Waals surface area contributed by atoms with Crippen LogP contribution >= 0.6 is 11.8 Å². The third kappa shape index (κ3) is 2.87. The van der Waals surface area contributed by atoms with Crippen molar-refractivity contribution < 1.29 is 14.3 Å². The average molecular weight is 412 g/mol. The van der Waals surface area contributed by atoms with Crippen LogP contribution < -0.4 is 9.64 Å². The van der Waals surface area contributed by atoms with E-state index in [9.17, 15) is 9.59 Å². The summed E-state index contributed by atoms with van der Waals surface area (Å²) in [6, 6.07) is 24.2. The normalized spacial score (nSPS) is 19.2. The Morgan fingerprint density at radius 1 is 1.00 bits per heavy atom. The summed E-state index contributed by atoms with van der Waals surface area (Å²) in [6.07, 6.45) is 0.751. The van der Waals surface area contributed by atoms with Gasteiger partial charge in [-0.05, 0) is 47.5 Å². The Kier molecular flexibility index (Phi) is 4.34. The molecule has 1 atom stereocenters. The molecule has 6 heteroatoms. The summed E-state index contributed by atoms with van der Waals surface area (Å²) in [5.74, 6) is -0.0520. The Hall–Kier alpha value is -3.56. The minimum atomic E-state index is -1.04. The molecule has 0 aromatic heterocycles. The second-order valence-corrected chi connectivity index (χ2v) is 8.51. The van der Waals surface area contributed by atoms with Gasteiger partial charge in [0.15, 0.2) is 4.87 Å². The van der Waals surface area contributed by atoms with E-state index in [0.717, 1.165) is 21.7 Å². The van der Waals surface area contributed by atoms with Crippen molar-refractivity contribution in [3.8, 4) is 22.9 Å². The Bertz CT molecular complexity index is 1200. The number of carbonyl (C=O) groups is 2. The molecule has 0 saturated carbocycles. The van der Waals surface area contributed by atoms with Crippen molar-refractivity contribution in [2.75, 3.05) is 4.90 Å². The van der Waals surface area contributed by atoms with Gasteiger partial charge >= 0.3 is 5.97 Å². The van der Waals surface area contributed by atoms with Crippen LogP contribution in [0.15, 0.2) is 77.7 Å². The highest BCUT2D eigenvalue weighted by Gasteiger charge is 2.58. The third-order valence-electron chi connectivity index (χ3n) is 5.40. The molecule has 0 spiro atoms. The molecule has 5 rings (SSSR count). The smallest absolute Gasteiger partial charge is 0.348 e. The number of hydrogen-bond acceptors (Lipinski definition) is 5. The minimum absolute atomic E-state index is 0.0550. The lowest BCUT2D eigenvalue weighted by Crippen LogP contribution is -2.48. The van der Waals surface area contributed by atoms with Crippen molar-refractivity contribution in [2.24, 2.45) is 0 Å². The summed E-state index contributed by atoms with van der Waals surface area (Å²) in [4.78, 5) is 27.2. The molecule has 30 heavy (non-hydrogen) atoms. The molecular weight excluding hydrogens is 396 g/mol. The van der Waals surface area contributed by atoms with Gasteiger partial charge in [0.2, 0.25) is 5.91 Å². The molecule has 1 unspecified atom stereocenters. The van der Waals surface area contributed by atoms with Crippen LogP contribution in [0, 0.1) is 11.3 Å². The fourth-order valence-electron chi connectivity index (χ4n) is 3.91. The van der Waals surface area contributed by atoms with E-state index in [1.165, 1.54) is 11.8 Å². The lowest BCUT2D eigenvalue weighted by molar-refractivity contribution is -0.137. The third-order valence-corrected chi connectivity index (χ3v) is 6.86. The molecular formula is C24H16N2O3S. The van der Waals surface area contributed by atoms with E-state index < -0.39 is 10.8 Å². The quantitative estimate of drug-likeness (QED) is 0.458. The van der Waals surface area contributed by atoms with E-state index in [0.29, 0.717) is 24.2 Å². The van der Waals surface area contributed by atoms with Crippen molar-refractivity contribution in [3.63, 3.8) is 0 Å². The second-order valence-electron chi connectivity index (χ2n) is 7.19. The molecule has 1 amide bonds. The molecule has 3 aromatic rings. The molecule has 2 aliphatic rings. The predicted octanol–water partition coefficient (Wildman–Crippen LogP) is 4.76. The first-order valence-electron chi connectivity index (χ1n) is 9.55. The van der Waals surface area contributed by atoms with E-state index in [4.69, 9.17) is 10.00 Å². The summed E-state index contributed by atoms with van der Waals surface area (Å²) in [6.45, 7) is 0. The van der Waals surface area contributed by atoms with Crippen LogP contribution in [0.3, 0.4) is 0 Å². The van der Waals surface area contributed by atoms with Crippen molar-refractivity contribution in [1.82, 2.24) is 0 Å². The number of hydrogen-bond donors (Lipinski definition) is 0. The molecule has 3 aromatic carbocycles. The Morgan fingerprint density at radius 3 is 2.37 bits per heavy atom. The number of thioether (sulfide) groups is 1. The maximum atomic E-state index is 13.2. The van der Waals surface area contributed by atoms with Gasteiger partial charge in [-0.25, -0.2) is 4.79 Å². The summed E-state index contributed by atoms with van der Waals surface area (Å²) in [5, 5.41) is 8.92. The van der Waals surface area contributed by atoms with Crippen LogP contribution in [0.25, 0.3) is 11.1 Å². The van der Waals surface area contributed by atoms with Gasteiger partial charge in [0, 0.05) is 17.7 Å². The topological polar surface area (TPSA) is 70.4 Å². The van der Waals surface area contributed by atoms with Gasteiger partial charge < -0.3 is 4.74 Å². The number of nitriles is 1. The van der Waals surface area contributed by atoms with Gasteiger partial charge in [-0.2, -0.15) is 5.26 Å². The van der Waals surface area contributed by atoms with Crippen LogP contribution in [0.4, 0.5) is 5.69 Å². The zero-order chi connectivity index (χ0) is 20.7. The van der Waals surface area contributed by atoms with E-state index in [1.54, 1.807) is 29.2 Å². The Labute approximate surface area is 177 Å². The van der Waals surface area contributed by atoms with Crippen LogP contribution in [-0.4, -0.2) is 16.7 Å². The van der Waals surface area contributed by atoms with E-state index in [-0.39, 0.29) is 5.91 Å². The molecule has 2 heterocycles. The zero-order valence-corrected chi connectivity index (χ0v) is 16.7. The molecule has 0 bridgehead atoms. The van der Waals surface area contributed by atoms with Crippen molar-refractivity contribution >= 4 is 29.3 Å². The monoisotopic (exact) mass is 412 g/mol. The van der Waals surface area contributed by atoms with E-state index in [1.807, 2.05) is 48.5 Å². The molecule has 2 aliphatic heterocycles. The van der Waals surface area contributed by atoms with Gasteiger partial charge in [-0.1, -0.05) is 48.2 Å². The lowest BCUT2D eigenvalue weighted by atomic mass is 10.0. The minimum Gasteiger partial charge on any atom is -0.424 e. The van der Waals surface area contributed by atoms with Gasteiger partial charge in [0.05, 0.1) is 17.3 Å². The van der Waals surface area contributed by atoms with Gasteiger partial charge in [-0.15, -0.1) is 0 Å². The molecule has 0 radical (unpaired) electrons. The fourth-order valence-corrected chi connectivity index (χ4v) is 5.31. The van der Waals surface area contributed by atoms with Gasteiger partial charge in [-0.3, -0.25) is 9.69 Å². The summed E-state index contributed by atoms with van der Waals surface area (Å²) >= 11 is 1.39. The van der Waals surface area contributed by atoms with Crippen molar-refractivity contribution in [1.29, 1.82) is 5.26 Å². The number of esters is 1. The molecule has 0 aliphatic carbocycles. The average Bonchev–Trinajstić information content (AvgIpc) is 3.30. The van der Waals surface area contributed by atoms with E-state index >= 15 is 0 Å². The summed E-state index contributed by atoms with van der Waals surface area (Å²) in [7, 11) is 0. The molecule has 1 saturated heterocycles. The maximum absolute atomic E-state index is 13.2. The molecule has 1 fully saturated rings. The van der Waals surface area contributed by atoms with Crippen LogP contribution in [0.5, 0.6) is 5.75 Å².